The molecule has 0 aliphatic heterocycles. The van der Waals surface area contributed by atoms with E-state index in [1.807, 2.05) is 0 Å². The molecule has 5 heteroatoms. The number of carbonyl (C=O) groups excluding carboxylic acids is 1. The van der Waals surface area contributed by atoms with Gasteiger partial charge in [0.25, 0.3) is 0 Å². The number of rotatable bonds is 3. The van der Waals surface area contributed by atoms with E-state index in [0.717, 1.165) is 0 Å². The molecule has 0 fully saturated rings. The summed E-state index contributed by atoms with van der Waals surface area (Å²) in [6, 6.07) is 0. The fourth-order valence-electron chi connectivity index (χ4n) is 0.314. The molecule has 0 bridgehead atoms. The second-order valence-corrected chi connectivity index (χ2v) is 1.73. The highest BCUT2D eigenvalue weighted by Crippen LogP contribution is 1.93. The Morgan fingerprint density at radius 3 is 2.10 bits per heavy atom. The molecule has 0 amide bonds. The van der Waals surface area contributed by atoms with Gasteiger partial charge in [0, 0.05) is 0 Å². The molecule has 1 atom stereocenters. The molecule has 4 nitrogen and oxygen atoms in total. The van der Waals surface area contributed by atoms with Gasteiger partial charge in [-0.05, 0) is 6.92 Å². The number of halogens is 1. The van der Waals surface area contributed by atoms with Crippen molar-refractivity contribution in [2.75, 3.05) is 6.54 Å². The van der Waals surface area contributed by atoms with Crippen LogP contribution in [0.25, 0.3) is 0 Å². The van der Waals surface area contributed by atoms with E-state index in [1.54, 1.807) is 0 Å². The van der Waals surface area contributed by atoms with E-state index >= 15 is 0 Å². The maximum Gasteiger partial charge on any atom is 0.313 e. The predicted molar refractivity (Wildman–Crippen MR) is 38.1 cm³/mol. The van der Waals surface area contributed by atoms with E-state index in [4.69, 9.17) is 10.8 Å². The summed E-state index contributed by atoms with van der Waals surface area (Å²) in [5, 5.41) is 8.21. The van der Waals surface area contributed by atoms with Crippen LogP contribution in [0.15, 0.2) is 0 Å². The van der Waals surface area contributed by atoms with E-state index in [-0.39, 0.29) is 19.0 Å². The average Bonchev–Trinajstić information content (AvgIpc) is 1.84. The zero-order chi connectivity index (χ0) is 7.44. The van der Waals surface area contributed by atoms with Crippen molar-refractivity contribution in [1.82, 2.24) is 0 Å². The zero-order valence-corrected chi connectivity index (χ0v) is 6.35. The third-order valence-electron chi connectivity index (χ3n) is 1.05. The van der Waals surface area contributed by atoms with Crippen molar-refractivity contribution in [1.29, 1.82) is 0 Å². The maximum atomic E-state index is 10.4. The van der Waals surface area contributed by atoms with Crippen LogP contribution in [0.5, 0.6) is 0 Å². The van der Waals surface area contributed by atoms with Gasteiger partial charge in [0.15, 0.2) is 5.78 Å². The quantitative estimate of drug-likeness (QED) is 0.564. The molecule has 0 spiro atoms. The number of aliphatic carboxylic acids is 1. The molecule has 60 valence electrons. The van der Waals surface area contributed by atoms with Crippen molar-refractivity contribution >= 4 is 24.2 Å². The lowest BCUT2D eigenvalue weighted by molar-refractivity contribution is -0.145. The van der Waals surface area contributed by atoms with Gasteiger partial charge in [-0.2, -0.15) is 0 Å². The first-order chi connectivity index (χ1) is 4.09. The summed E-state index contributed by atoms with van der Waals surface area (Å²) in [5.41, 5.74) is 4.90. The molecule has 3 N–H and O–H groups in total. The molecule has 1 unspecified atom stereocenters. The van der Waals surface area contributed by atoms with Crippen LogP contribution in [0.2, 0.25) is 0 Å². The summed E-state index contributed by atoms with van der Waals surface area (Å²) < 4.78 is 0. The van der Waals surface area contributed by atoms with E-state index in [0.29, 0.717) is 0 Å². The van der Waals surface area contributed by atoms with Gasteiger partial charge < -0.3 is 10.8 Å². The molecule has 10 heavy (non-hydrogen) atoms. The van der Waals surface area contributed by atoms with Gasteiger partial charge in [0.2, 0.25) is 0 Å². The lowest BCUT2D eigenvalue weighted by Crippen LogP contribution is -2.26. The SMILES string of the molecule is CC(C(=O)O)C(=O)CN.Cl. The van der Waals surface area contributed by atoms with Gasteiger partial charge >= 0.3 is 5.97 Å². The highest BCUT2D eigenvalue weighted by atomic mass is 35.5. The third kappa shape index (κ3) is 3.42. The van der Waals surface area contributed by atoms with Gasteiger partial charge in [-0.1, -0.05) is 0 Å². The van der Waals surface area contributed by atoms with E-state index in [1.165, 1.54) is 6.92 Å². The smallest absolute Gasteiger partial charge is 0.313 e. The highest BCUT2D eigenvalue weighted by molar-refractivity contribution is 5.98. The molecule has 0 saturated heterocycles. The molecule has 0 aromatic heterocycles. The Morgan fingerprint density at radius 2 is 2.00 bits per heavy atom. The Bertz CT molecular complexity index is 137. The monoisotopic (exact) mass is 167 g/mol. The molecule has 0 radical (unpaired) electrons. The van der Waals surface area contributed by atoms with Crippen molar-refractivity contribution in [3.63, 3.8) is 0 Å². The van der Waals surface area contributed by atoms with Crippen LogP contribution >= 0.6 is 12.4 Å². The Morgan fingerprint density at radius 1 is 1.60 bits per heavy atom. The third-order valence-corrected chi connectivity index (χ3v) is 1.05. The number of ketones is 1. The Labute approximate surface area is 64.8 Å². The van der Waals surface area contributed by atoms with Gasteiger partial charge in [-0.15, -0.1) is 12.4 Å². The minimum atomic E-state index is -1.12. The number of nitrogens with two attached hydrogens (primary N) is 1. The van der Waals surface area contributed by atoms with Gasteiger partial charge in [-0.3, -0.25) is 9.59 Å². The van der Waals surface area contributed by atoms with Gasteiger partial charge in [0.1, 0.15) is 5.92 Å². The van der Waals surface area contributed by atoms with Crippen LogP contribution < -0.4 is 5.73 Å². The van der Waals surface area contributed by atoms with Crippen molar-refractivity contribution in [2.45, 2.75) is 6.92 Å². The number of carboxylic acids is 1. The van der Waals surface area contributed by atoms with Gasteiger partial charge in [-0.25, -0.2) is 0 Å². The van der Waals surface area contributed by atoms with Crippen LogP contribution in [0, 0.1) is 5.92 Å². The summed E-state index contributed by atoms with van der Waals surface area (Å²) >= 11 is 0. The topological polar surface area (TPSA) is 80.4 Å². The lowest BCUT2D eigenvalue weighted by atomic mass is 10.1. The first-order valence-corrected chi connectivity index (χ1v) is 2.55. The Hall–Kier alpha value is -0.610. The van der Waals surface area contributed by atoms with Crippen molar-refractivity contribution < 1.29 is 14.7 Å². The fourth-order valence-corrected chi connectivity index (χ4v) is 0.314. The number of hydrogen-bond acceptors (Lipinski definition) is 3. The van der Waals surface area contributed by atoms with Crippen LogP contribution in [-0.2, 0) is 9.59 Å². The highest BCUT2D eigenvalue weighted by Gasteiger charge is 2.17. The molecule has 0 saturated carbocycles. The molecular formula is C5H10ClNO3. The van der Waals surface area contributed by atoms with Crippen LogP contribution in [-0.4, -0.2) is 23.4 Å². The van der Waals surface area contributed by atoms with Gasteiger partial charge in [0.05, 0.1) is 6.54 Å². The normalized spacial score (nSPS) is 11.4. The van der Waals surface area contributed by atoms with Crippen LogP contribution in [0.1, 0.15) is 6.92 Å². The summed E-state index contributed by atoms with van der Waals surface area (Å²) in [7, 11) is 0. The maximum absolute atomic E-state index is 10.4. The first kappa shape index (κ1) is 12.1. The van der Waals surface area contributed by atoms with Crippen LogP contribution in [0.4, 0.5) is 0 Å². The zero-order valence-electron chi connectivity index (χ0n) is 5.53. The minimum Gasteiger partial charge on any atom is -0.481 e. The second kappa shape index (κ2) is 5.20. The standard InChI is InChI=1S/C5H9NO3.ClH/c1-3(5(8)9)4(7)2-6;/h3H,2,6H2,1H3,(H,8,9);1H. The van der Waals surface area contributed by atoms with Crippen molar-refractivity contribution in [3.05, 3.63) is 0 Å². The minimum absolute atomic E-state index is 0. The van der Waals surface area contributed by atoms with E-state index in [2.05, 4.69) is 0 Å². The summed E-state index contributed by atoms with van der Waals surface area (Å²) in [4.78, 5) is 20.5. The molecule has 0 heterocycles. The molecule has 0 aromatic carbocycles. The molecule has 0 aromatic rings. The second-order valence-electron chi connectivity index (χ2n) is 1.73. The largest absolute Gasteiger partial charge is 0.481 e. The number of Topliss-reactive ketones (excluding diaryl/α,β-unsaturated/α-hetero) is 1. The summed E-state index contributed by atoms with van der Waals surface area (Å²) in [5.74, 6) is -2.53. The summed E-state index contributed by atoms with van der Waals surface area (Å²) in [6.45, 7) is 1.12. The molecule has 0 aliphatic carbocycles. The van der Waals surface area contributed by atoms with Crippen molar-refractivity contribution in [2.24, 2.45) is 11.7 Å². The van der Waals surface area contributed by atoms with Crippen LogP contribution in [0.3, 0.4) is 0 Å². The van der Waals surface area contributed by atoms with E-state index < -0.39 is 17.7 Å². The first-order valence-electron chi connectivity index (χ1n) is 2.55. The van der Waals surface area contributed by atoms with Crippen molar-refractivity contribution in [3.8, 4) is 0 Å². The molecule has 0 rings (SSSR count). The molecule has 0 aliphatic rings. The van der Waals surface area contributed by atoms with E-state index in [9.17, 15) is 9.59 Å². The Balaban J connectivity index is 0. The number of carboxylic acid groups (broad SMARTS) is 1. The lowest BCUT2D eigenvalue weighted by Gasteiger charge is -1.99. The number of carbonyl (C=O) groups is 2. The summed E-state index contributed by atoms with van der Waals surface area (Å²) in [6.07, 6.45) is 0. The Kier molecular flexibility index (Phi) is 6.29. The number of hydrogen-bond donors (Lipinski definition) is 2. The fraction of sp³-hybridized carbons (Fsp3) is 0.600. The predicted octanol–water partition coefficient (Wildman–Crippen LogP) is -0.343. The average molecular weight is 168 g/mol. The molecular weight excluding hydrogens is 158 g/mol.